The van der Waals surface area contributed by atoms with Crippen LogP contribution < -0.4 is 4.74 Å². The van der Waals surface area contributed by atoms with E-state index in [-0.39, 0.29) is 6.61 Å². The van der Waals surface area contributed by atoms with Crippen molar-refractivity contribution in [3.63, 3.8) is 0 Å². The highest BCUT2D eigenvalue weighted by Gasteiger charge is 2.07. The first-order valence-electron chi connectivity index (χ1n) is 5.26. The van der Waals surface area contributed by atoms with Gasteiger partial charge in [-0.25, -0.2) is 0 Å². The zero-order valence-corrected chi connectivity index (χ0v) is 9.76. The van der Waals surface area contributed by atoms with Crippen LogP contribution in [0, 0.1) is 0 Å². The maximum atomic E-state index is 9.28. The molecule has 16 heavy (non-hydrogen) atoms. The van der Waals surface area contributed by atoms with Crippen molar-refractivity contribution in [3.05, 3.63) is 29.8 Å². The Balaban J connectivity index is 2.46. The average molecular weight is 225 g/mol. The third-order valence-electron chi connectivity index (χ3n) is 2.34. The Bertz CT molecular complexity index is 300. The zero-order chi connectivity index (χ0) is 12.0. The molecular weight excluding hydrogens is 206 g/mol. The zero-order valence-electron chi connectivity index (χ0n) is 9.76. The van der Waals surface area contributed by atoms with Crippen molar-refractivity contribution in [1.82, 2.24) is 4.90 Å². The highest BCUT2D eigenvalue weighted by Crippen LogP contribution is 2.12. The average Bonchev–Trinajstić information content (AvgIpc) is 2.29. The molecule has 1 aromatic rings. The molecule has 1 unspecified atom stereocenters. The van der Waals surface area contributed by atoms with Crippen LogP contribution in [-0.2, 0) is 6.54 Å². The Morgan fingerprint density at radius 2 is 1.94 bits per heavy atom. The lowest BCUT2D eigenvalue weighted by atomic mass is 10.2. The number of benzene rings is 1. The molecule has 0 aliphatic heterocycles. The third kappa shape index (κ3) is 4.18. The van der Waals surface area contributed by atoms with Crippen molar-refractivity contribution >= 4 is 0 Å². The number of aliphatic hydroxyl groups excluding tert-OH is 2. The summed E-state index contributed by atoms with van der Waals surface area (Å²) in [4.78, 5) is 1.96. The molecule has 0 amide bonds. The molecule has 1 rings (SSSR count). The lowest BCUT2D eigenvalue weighted by Gasteiger charge is -2.19. The quantitative estimate of drug-likeness (QED) is 0.739. The van der Waals surface area contributed by atoms with Crippen molar-refractivity contribution in [2.45, 2.75) is 12.6 Å². The fraction of sp³-hybridized carbons (Fsp3) is 0.500. The molecule has 1 atom stereocenters. The Hall–Kier alpha value is -1.10. The van der Waals surface area contributed by atoms with Crippen LogP contribution in [-0.4, -0.2) is 48.5 Å². The summed E-state index contributed by atoms with van der Waals surface area (Å²) in [7, 11) is 3.54. The predicted molar refractivity (Wildman–Crippen MR) is 62.4 cm³/mol. The minimum atomic E-state index is -0.678. The SMILES string of the molecule is COc1ccc(CN(C)CC(O)CO)cc1. The highest BCUT2D eigenvalue weighted by atomic mass is 16.5. The van der Waals surface area contributed by atoms with Crippen molar-refractivity contribution < 1.29 is 14.9 Å². The van der Waals surface area contributed by atoms with E-state index in [1.165, 1.54) is 0 Å². The summed E-state index contributed by atoms with van der Waals surface area (Å²) in [5, 5.41) is 18.0. The van der Waals surface area contributed by atoms with Gasteiger partial charge in [-0.1, -0.05) is 12.1 Å². The largest absolute Gasteiger partial charge is 0.497 e. The summed E-state index contributed by atoms with van der Waals surface area (Å²) in [5.41, 5.74) is 1.15. The second kappa shape index (κ2) is 6.48. The monoisotopic (exact) mass is 225 g/mol. The minimum absolute atomic E-state index is 0.201. The number of methoxy groups -OCH3 is 1. The van der Waals surface area contributed by atoms with Gasteiger partial charge in [0.2, 0.25) is 0 Å². The molecule has 0 aliphatic rings. The Kier molecular flexibility index (Phi) is 5.25. The van der Waals surface area contributed by atoms with Gasteiger partial charge in [0.15, 0.2) is 0 Å². The molecule has 0 spiro atoms. The molecule has 4 heteroatoms. The van der Waals surface area contributed by atoms with Crippen molar-refractivity contribution in [3.8, 4) is 5.75 Å². The predicted octanol–water partition coefficient (Wildman–Crippen LogP) is 0.480. The van der Waals surface area contributed by atoms with Gasteiger partial charge in [0.25, 0.3) is 0 Å². The smallest absolute Gasteiger partial charge is 0.118 e. The second-order valence-corrected chi connectivity index (χ2v) is 3.88. The molecule has 0 fully saturated rings. The van der Waals surface area contributed by atoms with E-state index in [1.54, 1.807) is 7.11 Å². The summed E-state index contributed by atoms with van der Waals surface area (Å²) < 4.78 is 5.07. The van der Waals surface area contributed by atoms with Crippen LogP contribution in [0.4, 0.5) is 0 Å². The molecule has 0 radical (unpaired) electrons. The van der Waals surface area contributed by atoms with E-state index in [9.17, 15) is 5.11 Å². The number of ether oxygens (including phenoxy) is 1. The molecule has 0 aliphatic carbocycles. The van der Waals surface area contributed by atoms with Crippen molar-refractivity contribution in [1.29, 1.82) is 0 Å². The summed E-state index contributed by atoms with van der Waals surface area (Å²) in [6.45, 7) is 0.997. The summed E-state index contributed by atoms with van der Waals surface area (Å²) in [5.74, 6) is 0.835. The van der Waals surface area contributed by atoms with Crippen LogP contribution in [0.2, 0.25) is 0 Å². The van der Waals surface area contributed by atoms with E-state index < -0.39 is 6.10 Å². The van der Waals surface area contributed by atoms with Crippen LogP contribution in [0.15, 0.2) is 24.3 Å². The molecule has 90 valence electrons. The van der Waals surface area contributed by atoms with Gasteiger partial charge >= 0.3 is 0 Å². The minimum Gasteiger partial charge on any atom is -0.497 e. The van der Waals surface area contributed by atoms with Gasteiger partial charge in [0, 0.05) is 13.1 Å². The summed E-state index contributed by atoms with van der Waals surface area (Å²) in [6.07, 6.45) is -0.678. The van der Waals surface area contributed by atoms with E-state index >= 15 is 0 Å². The Morgan fingerprint density at radius 3 is 2.44 bits per heavy atom. The lowest BCUT2D eigenvalue weighted by Crippen LogP contribution is -2.30. The van der Waals surface area contributed by atoms with Crippen molar-refractivity contribution in [2.24, 2.45) is 0 Å². The number of aliphatic hydroxyl groups is 2. The molecule has 0 bridgehead atoms. The van der Waals surface area contributed by atoms with Crippen molar-refractivity contribution in [2.75, 3.05) is 27.3 Å². The molecular formula is C12H19NO3. The standard InChI is InChI=1S/C12H19NO3/c1-13(8-11(15)9-14)7-10-3-5-12(16-2)6-4-10/h3-6,11,14-15H,7-9H2,1-2H3. The number of hydrogen-bond donors (Lipinski definition) is 2. The molecule has 0 saturated heterocycles. The highest BCUT2D eigenvalue weighted by molar-refractivity contribution is 5.26. The maximum Gasteiger partial charge on any atom is 0.118 e. The van der Waals surface area contributed by atoms with Gasteiger partial charge in [0.05, 0.1) is 19.8 Å². The normalized spacial score (nSPS) is 12.8. The molecule has 4 nitrogen and oxygen atoms in total. The fourth-order valence-corrected chi connectivity index (χ4v) is 1.52. The Morgan fingerprint density at radius 1 is 1.31 bits per heavy atom. The number of likely N-dealkylation sites (N-methyl/N-ethyl adjacent to an activating group) is 1. The number of nitrogens with zero attached hydrogens (tertiary/aromatic N) is 1. The van der Waals surface area contributed by atoms with E-state index in [4.69, 9.17) is 9.84 Å². The van der Waals surface area contributed by atoms with Crippen LogP contribution in [0.3, 0.4) is 0 Å². The van der Waals surface area contributed by atoms with E-state index in [0.717, 1.165) is 17.9 Å². The summed E-state index contributed by atoms with van der Waals surface area (Å²) >= 11 is 0. The topological polar surface area (TPSA) is 52.9 Å². The molecule has 0 heterocycles. The first-order chi connectivity index (χ1) is 7.65. The van der Waals surface area contributed by atoms with Crippen LogP contribution in [0.5, 0.6) is 5.75 Å². The van der Waals surface area contributed by atoms with Crippen LogP contribution in [0.1, 0.15) is 5.56 Å². The van der Waals surface area contributed by atoms with E-state index in [0.29, 0.717) is 6.54 Å². The number of rotatable bonds is 6. The molecule has 2 N–H and O–H groups in total. The Labute approximate surface area is 96.1 Å². The summed E-state index contributed by atoms with van der Waals surface area (Å²) in [6, 6.07) is 7.79. The molecule has 1 aromatic carbocycles. The first kappa shape index (κ1) is 13.0. The first-order valence-corrected chi connectivity index (χ1v) is 5.26. The lowest BCUT2D eigenvalue weighted by molar-refractivity contribution is 0.0648. The van der Waals surface area contributed by atoms with Crippen LogP contribution >= 0.6 is 0 Å². The third-order valence-corrected chi connectivity index (χ3v) is 2.34. The second-order valence-electron chi connectivity index (χ2n) is 3.88. The number of hydrogen-bond acceptors (Lipinski definition) is 4. The van der Waals surface area contributed by atoms with E-state index in [1.807, 2.05) is 36.2 Å². The van der Waals surface area contributed by atoms with Gasteiger partial charge in [0.1, 0.15) is 5.75 Å². The van der Waals surface area contributed by atoms with E-state index in [2.05, 4.69) is 0 Å². The van der Waals surface area contributed by atoms with Gasteiger partial charge in [-0.05, 0) is 24.7 Å². The van der Waals surface area contributed by atoms with Gasteiger partial charge in [-0.15, -0.1) is 0 Å². The molecule has 0 aromatic heterocycles. The maximum absolute atomic E-state index is 9.28. The molecule has 0 saturated carbocycles. The van der Waals surface area contributed by atoms with Gasteiger partial charge in [-0.2, -0.15) is 0 Å². The van der Waals surface area contributed by atoms with Gasteiger partial charge < -0.3 is 14.9 Å². The fourth-order valence-electron chi connectivity index (χ4n) is 1.52. The van der Waals surface area contributed by atoms with Crippen LogP contribution in [0.25, 0.3) is 0 Å². The van der Waals surface area contributed by atoms with Gasteiger partial charge in [-0.3, -0.25) is 4.90 Å².